The molecule has 10 heteroatoms. The summed E-state index contributed by atoms with van der Waals surface area (Å²) in [6.07, 6.45) is 1.64. The lowest BCUT2D eigenvalue weighted by Gasteiger charge is -2.44. The third kappa shape index (κ3) is 5.75. The second kappa shape index (κ2) is 10.4. The van der Waals surface area contributed by atoms with Crippen LogP contribution in [0.15, 0.2) is 46.4 Å². The summed E-state index contributed by atoms with van der Waals surface area (Å²) in [4.78, 5) is 32.2. The Hall–Kier alpha value is -3.27. The number of ether oxygens (including phenoxy) is 1. The van der Waals surface area contributed by atoms with Crippen molar-refractivity contribution >= 4 is 23.3 Å². The van der Waals surface area contributed by atoms with Gasteiger partial charge in [-0.1, -0.05) is 17.3 Å². The lowest BCUT2D eigenvalue weighted by atomic mass is 9.74. The van der Waals surface area contributed by atoms with Crippen molar-refractivity contribution in [2.75, 3.05) is 6.54 Å². The van der Waals surface area contributed by atoms with Gasteiger partial charge in [0.15, 0.2) is 5.76 Å². The molecule has 0 bridgehead atoms. The minimum Gasteiger partial charge on any atom is -0.444 e. The van der Waals surface area contributed by atoms with Gasteiger partial charge in [0.25, 0.3) is 5.91 Å². The van der Waals surface area contributed by atoms with E-state index in [0.717, 1.165) is 10.6 Å². The maximum atomic E-state index is 13.9. The number of nitrogens with one attached hydrogen (secondary N) is 1. The number of aromatic nitrogens is 2. The van der Waals surface area contributed by atoms with Crippen LogP contribution in [0.4, 0.5) is 9.18 Å². The third-order valence-corrected chi connectivity index (χ3v) is 6.89. The van der Waals surface area contributed by atoms with Crippen molar-refractivity contribution in [2.24, 2.45) is 0 Å². The molecule has 0 spiro atoms. The van der Waals surface area contributed by atoms with Crippen LogP contribution >= 0.6 is 11.3 Å². The Morgan fingerprint density at radius 3 is 2.56 bits per heavy atom. The maximum Gasteiger partial charge on any atom is 0.410 e. The maximum absolute atomic E-state index is 13.9. The highest BCUT2D eigenvalue weighted by atomic mass is 32.1. The summed E-state index contributed by atoms with van der Waals surface area (Å²) < 4.78 is 25.2. The predicted molar refractivity (Wildman–Crippen MR) is 133 cm³/mol. The summed E-state index contributed by atoms with van der Waals surface area (Å²) >= 11 is 1.41. The Morgan fingerprint density at radius 2 is 1.94 bits per heavy atom. The van der Waals surface area contributed by atoms with Gasteiger partial charge in [0.2, 0.25) is 0 Å². The Kier molecular flexibility index (Phi) is 7.44. The fourth-order valence-electron chi connectivity index (χ4n) is 4.52. The Labute approximate surface area is 213 Å². The molecule has 36 heavy (non-hydrogen) atoms. The Bertz CT molecular complexity index is 1190. The number of amides is 2. The normalized spacial score (nSPS) is 20.4. The van der Waals surface area contributed by atoms with Crippen LogP contribution in [0.1, 0.15) is 85.7 Å². The summed E-state index contributed by atoms with van der Waals surface area (Å²) in [6, 6.07) is 7.39. The summed E-state index contributed by atoms with van der Waals surface area (Å²) in [5.41, 5.74) is 0.492. The molecule has 1 aromatic carbocycles. The summed E-state index contributed by atoms with van der Waals surface area (Å²) in [5.74, 6) is -0.590. The molecule has 0 aliphatic carbocycles. The largest absolute Gasteiger partial charge is 0.444 e. The van der Waals surface area contributed by atoms with Gasteiger partial charge in [-0.25, -0.2) is 14.2 Å². The highest BCUT2D eigenvalue weighted by Crippen LogP contribution is 2.51. The van der Waals surface area contributed by atoms with Crippen molar-refractivity contribution in [1.29, 1.82) is 0 Å². The third-order valence-electron chi connectivity index (χ3n) is 5.91. The smallest absolute Gasteiger partial charge is 0.410 e. The number of carbonyl (C=O) groups is 2. The monoisotopic (exact) mass is 514 g/mol. The highest BCUT2D eigenvalue weighted by Gasteiger charge is 2.46. The standard InChI is InChI=1S/C26H31FN4O4S/c1-15(2)29-23(32)19-14-36-24(30-19)18-11-13-31(25(33)34-26(3,4)5)22(20-10-12-28-35-20)21(18)16-6-8-17(27)9-7-16/h6-10,12,14-15,18,21-22H,11,13H2,1-5H3,(H,29,32). The van der Waals surface area contributed by atoms with Gasteiger partial charge in [0.05, 0.1) is 11.2 Å². The molecule has 4 rings (SSSR count). The highest BCUT2D eigenvalue weighted by molar-refractivity contribution is 7.10. The Morgan fingerprint density at radius 1 is 1.22 bits per heavy atom. The molecular weight excluding hydrogens is 483 g/mol. The number of hydrogen-bond donors (Lipinski definition) is 1. The number of benzene rings is 1. The number of halogens is 1. The molecule has 3 unspecified atom stereocenters. The van der Waals surface area contributed by atoms with E-state index >= 15 is 0 Å². The molecule has 2 amide bonds. The van der Waals surface area contributed by atoms with E-state index in [1.807, 2.05) is 34.6 Å². The average Bonchev–Trinajstić information content (AvgIpc) is 3.50. The van der Waals surface area contributed by atoms with Gasteiger partial charge in [-0.15, -0.1) is 11.3 Å². The lowest BCUT2D eigenvalue weighted by Crippen LogP contribution is -2.46. The van der Waals surface area contributed by atoms with Gasteiger partial charge in [0.1, 0.15) is 23.2 Å². The van der Waals surface area contributed by atoms with Crippen molar-refractivity contribution in [3.8, 4) is 0 Å². The van der Waals surface area contributed by atoms with Crippen LogP contribution in [-0.2, 0) is 4.74 Å². The van der Waals surface area contributed by atoms with E-state index < -0.39 is 17.7 Å². The van der Waals surface area contributed by atoms with E-state index in [9.17, 15) is 14.0 Å². The molecule has 1 N–H and O–H groups in total. The average molecular weight is 515 g/mol. The molecule has 1 aliphatic rings. The number of hydrogen-bond acceptors (Lipinski definition) is 7. The quantitative estimate of drug-likeness (QED) is 0.472. The van der Waals surface area contributed by atoms with E-state index in [-0.39, 0.29) is 29.6 Å². The molecule has 3 aromatic rings. The first-order chi connectivity index (χ1) is 17.0. The SMILES string of the molecule is CC(C)NC(=O)c1csc(C2CCN(C(=O)OC(C)(C)C)C(c3ccno3)C2c2ccc(F)cc2)n1. The minimum atomic E-state index is -0.681. The van der Waals surface area contributed by atoms with Gasteiger partial charge in [0, 0.05) is 35.9 Å². The first-order valence-electron chi connectivity index (χ1n) is 12.0. The lowest BCUT2D eigenvalue weighted by molar-refractivity contribution is -0.000682. The molecule has 8 nitrogen and oxygen atoms in total. The first kappa shape index (κ1) is 25.8. The van der Waals surface area contributed by atoms with Gasteiger partial charge in [-0.2, -0.15) is 0 Å². The molecule has 0 saturated carbocycles. The second-order valence-electron chi connectivity index (χ2n) is 10.2. The van der Waals surface area contributed by atoms with Gasteiger partial charge in [-0.05, 0) is 58.7 Å². The van der Waals surface area contributed by atoms with Crippen LogP contribution in [-0.4, -0.2) is 45.2 Å². The molecule has 192 valence electrons. The van der Waals surface area contributed by atoms with Crippen molar-refractivity contribution < 1.29 is 23.2 Å². The molecule has 3 atom stereocenters. The zero-order valence-corrected chi connectivity index (χ0v) is 21.8. The molecule has 1 fully saturated rings. The van der Waals surface area contributed by atoms with E-state index in [2.05, 4.69) is 15.5 Å². The van der Waals surface area contributed by atoms with Crippen LogP contribution in [0.3, 0.4) is 0 Å². The van der Waals surface area contributed by atoms with Gasteiger partial charge < -0.3 is 14.6 Å². The molecular formula is C26H31FN4O4S. The van der Waals surface area contributed by atoms with Crippen LogP contribution in [0, 0.1) is 5.82 Å². The molecule has 1 aliphatic heterocycles. The second-order valence-corrected chi connectivity index (χ2v) is 11.1. The van der Waals surface area contributed by atoms with Crippen LogP contribution in [0.25, 0.3) is 0 Å². The van der Waals surface area contributed by atoms with Gasteiger partial charge >= 0.3 is 6.09 Å². The minimum absolute atomic E-state index is 0.0116. The zero-order valence-electron chi connectivity index (χ0n) is 21.0. The van der Waals surface area contributed by atoms with Crippen molar-refractivity contribution in [2.45, 2.75) is 70.6 Å². The molecule has 0 radical (unpaired) electrons. The number of likely N-dealkylation sites (tertiary alicyclic amines) is 1. The van der Waals surface area contributed by atoms with Crippen molar-refractivity contribution in [1.82, 2.24) is 20.4 Å². The number of carbonyl (C=O) groups excluding carboxylic acids is 2. The van der Waals surface area contributed by atoms with Crippen LogP contribution in [0.2, 0.25) is 0 Å². The predicted octanol–water partition coefficient (Wildman–Crippen LogP) is 5.66. The number of thiazole rings is 1. The van der Waals surface area contributed by atoms with Crippen LogP contribution in [0.5, 0.6) is 0 Å². The van der Waals surface area contributed by atoms with Crippen molar-refractivity contribution in [3.05, 3.63) is 69.8 Å². The fourth-order valence-corrected chi connectivity index (χ4v) is 5.50. The van der Waals surface area contributed by atoms with E-state index in [1.54, 1.807) is 28.5 Å². The summed E-state index contributed by atoms with van der Waals surface area (Å²) in [7, 11) is 0. The summed E-state index contributed by atoms with van der Waals surface area (Å²) in [6.45, 7) is 9.62. The Balaban J connectivity index is 1.78. The number of nitrogens with zero attached hydrogens (tertiary/aromatic N) is 3. The topological polar surface area (TPSA) is 97.6 Å². The van der Waals surface area contributed by atoms with Crippen LogP contribution < -0.4 is 5.32 Å². The zero-order chi connectivity index (χ0) is 26.0. The summed E-state index contributed by atoms with van der Waals surface area (Å²) in [5, 5.41) is 9.27. The molecule has 3 heterocycles. The first-order valence-corrected chi connectivity index (χ1v) is 12.8. The van der Waals surface area contributed by atoms with E-state index in [4.69, 9.17) is 9.26 Å². The van der Waals surface area contributed by atoms with E-state index in [1.165, 1.54) is 29.7 Å². The fraction of sp³-hybridized carbons (Fsp3) is 0.462. The molecule has 1 saturated heterocycles. The van der Waals surface area contributed by atoms with E-state index in [0.29, 0.717) is 24.4 Å². The van der Waals surface area contributed by atoms with Crippen molar-refractivity contribution in [3.63, 3.8) is 0 Å². The number of piperidine rings is 1. The van der Waals surface area contributed by atoms with Gasteiger partial charge in [-0.3, -0.25) is 9.69 Å². The number of rotatable bonds is 5. The molecule has 2 aromatic heterocycles.